The van der Waals surface area contributed by atoms with E-state index in [4.69, 9.17) is 4.84 Å². The van der Waals surface area contributed by atoms with Gasteiger partial charge < -0.3 is 4.84 Å². The topological polar surface area (TPSA) is 77.0 Å². The largest absolute Gasteiger partial charge is 0.356 e. The average molecular weight is 441 g/mol. The molecule has 0 aliphatic heterocycles. The molecule has 2 heterocycles. The van der Waals surface area contributed by atoms with Crippen LogP contribution in [0.5, 0.6) is 5.88 Å². The third kappa shape index (κ3) is 3.81. The van der Waals surface area contributed by atoms with Crippen molar-refractivity contribution in [1.29, 1.82) is 0 Å². The highest BCUT2D eigenvalue weighted by Gasteiger charge is 2.16. The Hall–Kier alpha value is -2.84. The molecule has 8 heteroatoms. The van der Waals surface area contributed by atoms with Gasteiger partial charge in [-0.2, -0.15) is 10.6 Å². The molecule has 0 spiro atoms. The van der Waals surface area contributed by atoms with Crippen molar-refractivity contribution in [2.75, 3.05) is 0 Å². The summed E-state index contributed by atoms with van der Waals surface area (Å²) >= 11 is 4.99. The number of aryl methyl sites for hydroxylation is 1. The molecule has 1 N–H and O–H groups in total. The Morgan fingerprint density at radius 3 is 2.74 bits per heavy atom. The fraction of sp³-hybridized carbons (Fsp3) is 0.0526. The van der Waals surface area contributed by atoms with Crippen molar-refractivity contribution in [2.24, 2.45) is 0 Å². The SMILES string of the molecule is Cc1cc(-c2nc3ccc(Br)cc3s2)c(ONC(=O)c2ccccc2)nn1. The number of rotatable bonds is 4. The Balaban J connectivity index is 1.65. The molecule has 4 rings (SSSR count). The number of thiazole rings is 1. The van der Waals surface area contributed by atoms with Gasteiger partial charge in [0.1, 0.15) is 5.01 Å². The maximum Gasteiger partial charge on any atom is 0.283 e. The number of hydrogen-bond donors (Lipinski definition) is 1. The molecule has 6 nitrogen and oxygen atoms in total. The van der Waals surface area contributed by atoms with Crippen LogP contribution in [0.2, 0.25) is 0 Å². The van der Waals surface area contributed by atoms with Gasteiger partial charge in [0.15, 0.2) is 0 Å². The van der Waals surface area contributed by atoms with Gasteiger partial charge in [-0.1, -0.05) is 34.1 Å². The molecule has 0 atom stereocenters. The molecule has 0 unspecified atom stereocenters. The molecule has 0 radical (unpaired) electrons. The van der Waals surface area contributed by atoms with E-state index in [2.05, 4.69) is 36.6 Å². The predicted octanol–water partition coefficient (Wildman–Crippen LogP) is 4.55. The second kappa shape index (κ2) is 7.42. The van der Waals surface area contributed by atoms with E-state index in [-0.39, 0.29) is 11.8 Å². The third-order valence-corrected chi connectivity index (χ3v) is 5.28. The van der Waals surface area contributed by atoms with E-state index in [0.717, 1.165) is 25.4 Å². The molecule has 0 saturated heterocycles. The van der Waals surface area contributed by atoms with Gasteiger partial charge in [-0.3, -0.25) is 4.79 Å². The van der Waals surface area contributed by atoms with Crippen molar-refractivity contribution in [2.45, 2.75) is 6.92 Å². The number of nitrogens with zero attached hydrogens (tertiary/aromatic N) is 3. The van der Waals surface area contributed by atoms with Crippen LogP contribution in [0.25, 0.3) is 20.8 Å². The summed E-state index contributed by atoms with van der Waals surface area (Å²) in [7, 11) is 0. The van der Waals surface area contributed by atoms with E-state index < -0.39 is 0 Å². The number of hydroxylamine groups is 1. The third-order valence-electron chi connectivity index (χ3n) is 3.74. The number of aromatic nitrogens is 3. The van der Waals surface area contributed by atoms with Crippen LogP contribution in [0.15, 0.2) is 59.1 Å². The Morgan fingerprint density at radius 1 is 1.11 bits per heavy atom. The summed E-state index contributed by atoms with van der Waals surface area (Å²) in [5, 5.41) is 8.85. The van der Waals surface area contributed by atoms with Crippen LogP contribution in [-0.4, -0.2) is 21.1 Å². The van der Waals surface area contributed by atoms with Crippen molar-refractivity contribution < 1.29 is 9.63 Å². The van der Waals surface area contributed by atoms with Crippen molar-refractivity contribution in [3.63, 3.8) is 0 Å². The van der Waals surface area contributed by atoms with Gasteiger partial charge in [0.05, 0.1) is 21.5 Å². The molecule has 1 amide bonds. The summed E-state index contributed by atoms with van der Waals surface area (Å²) in [5.41, 5.74) is 5.19. The first kappa shape index (κ1) is 17.6. The zero-order valence-corrected chi connectivity index (χ0v) is 16.5. The molecule has 0 saturated carbocycles. The van der Waals surface area contributed by atoms with Crippen molar-refractivity contribution >= 4 is 43.4 Å². The highest BCUT2D eigenvalue weighted by Crippen LogP contribution is 2.35. The van der Waals surface area contributed by atoms with Gasteiger partial charge >= 0.3 is 0 Å². The van der Waals surface area contributed by atoms with Gasteiger partial charge in [0.25, 0.3) is 11.8 Å². The maximum atomic E-state index is 12.2. The number of benzene rings is 2. The molecular weight excluding hydrogens is 428 g/mol. The molecular formula is C19H13BrN4O2S. The zero-order chi connectivity index (χ0) is 18.8. The van der Waals surface area contributed by atoms with Crippen LogP contribution in [-0.2, 0) is 0 Å². The summed E-state index contributed by atoms with van der Waals surface area (Å²) in [4.78, 5) is 22.3. The smallest absolute Gasteiger partial charge is 0.283 e. The molecule has 0 fully saturated rings. The quantitative estimate of drug-likeness (QED) is 0.471. The molecule has 4 aromatic rings. The minimum atomic E-state index is -0.364. The van der Waals surface area contributed by atoms with Crippen LogP contribution in [0.1, 0.15) is 16.1 Å². The first-order chi connectivity index (χ1) is 13.1. The zero-order valence-electron chi connectivity index (χ0n) is 14.1. The summed E-state index contributed by atoms with van der Waals surface area (Å²) in [6, 6.07) is 16.5. The average Bonchev–Trinajstić information content (AvgIpc) is 3.10. The van der Waals surface area contributed by atoms with E-state index in [1.54, 1.807) is 24.3 Å². The number of hydrogen-bond acceptors (Lipinski definition) is 6. The normalized spacial score (nSPS) is 10.7. The number of fused-ring (bicyclic) bond motifs is 1. The molecule has 27 heavy (non-hydrogen) atoms. The predicted molar refractivity (Wildman–Crippen MR) is 108 cm³/mol. The van der Waals surface area contributed by atoms with Crippen LogP contribution in [0, 0.1) is 6.92 Å². The summed E-state index contributed by atoms with van der Waals surface area (Å²) in [5.74, 6) is -0.167. The Kier molecular flexibility index (Phi) is 4.83. The highest BCUT2D eigenvalue weighted by molar-refractivity contribution is 9.10. The van der Waals surface area contributed by atoms with Gasteiger partial charge in [-0.25, -0.2) is 4.98 Å². The van der Waals surface area contributed by atoms with Gasteiger partial charge in [-0.15, -0.1) is 16.4 Å². The molecule has 2 aromatic heterocycles. The number of amides is 1. The van der Waals surface area contributed by atoms with Gasteiger partial charge in [0.2, 0.25) is 0 Å². The maximum absolute atomic E-state index is 12.2. The fourth-order valence-electron chi connectivity index (χ4n) is 2.46. The number of halogens is 1. The molecule has 2 aromatic carbocycles. The molecule has 0 bridgehead atoms. The lowest BCUT2D eigenvalue weighted by Crippen LogP contribution is -2.27. The van der Waals surface area contributed by atoms with E-state index in [0.29, 0.717) is 11.1 Å². The number of nitrogens with one attached hydrogen (secondary N) is 1. The molecule has 0 aliphatic rings. The van der Waals surface area contributed by atoms with Crippen LogP contribution in [0.4, 0.5) is 0 Å². The standard InChI is InChI=1S/C19H13BrN4O2S/c1-11-9-14(19-21-15-8-7-13(20)10-16(15)27-19)18(23-22-11)26-24-17(25)12-5-3-2-4-6-12/h2-10H,1H3,(H,24,25). The minimum Gasteiger partial charge on any atom is -0.356 e. The van der Waals surface area contributed by atoms with E-state index in [1.807, 2.05) is 37.3 Å². The highest BCUT2D eigenvalue weighted by atomic mass is 79.9. The lowest BCUT2D eigenvalue weighted by atomic mass is 10.2. The Bertz CT molecular complexity index is 1130. The summed E-state index contributed by atoms with van der Waals surface area (Å²) in [6.07, 6.45) is 0. The van der Waals surface area contributed by atoms with E-state index >= 15 is 0 Å². The van der Waals surface area contributed by atoms with E-state index in [9.17, 15) is 4.79 Å². The fourth-order valence-corrected chi connectivity index (χ4v) is 3.99. The van der Waals surface area contributed by atoms with Gasteiger partial charge in [0, 0.05) is 10.0 Å². The summed E-state index contributed by atoms with van der Waals surface area (Å²) < 4.78 is 2.02. The monoisotopic (exact) mass is 440 g/mol. The summed E-state index contributed by atoms with van der Waals surface area (Å²) in [6.45, 7) is 1.84. The van der Waals surface area contributed by atoms with Crippen molar-refractivity contribution in [3.05, 3.63) is 70.3 Å². The van der Waals surface area contributed by atoms with Crippen LogP contribution >= 0.6 is 27.3 Å². The second-order valence-electron chi connectivity index (χ2n) is 5.73. The molecule has 134 valence electrons. The Labute approximate surface area is 167 Å². The number of carbonyl (C=O) groups excluding carboxylic acids is 1. The van der Waals surface area contributed by atoms with Crippen LogP contribution in [0.3, 0.4) is 0 Å². The second-order valence-corrected chi connectivity index (χ2v) is 7.68. The lowest BCUT2D eigenvalue weighted by molar-refractivity contribution is 0.0749. The van der Waals surface area contributed by atoms with Crippen LogP contribution < -0.4 is 10.3 Å². The minimum absolute atomic E-state index is 0.197. The van der Waals surface area contributed by atoms with Crippen molar-refractivity contribution in [1.82, 2.24) is 20.7 Å². The van der Waals surface area contributed by atoms with Crippen molar-refractivity contribution in [3.8, 4) is 16.5 Å². The first-order valence-corrected chi connectivity index (χ1v) is 9.64. The van der Waals surface area contributed by atoms with Gasteiger partial charge in [-0.05, 0) is 43.3 Å². The molecule has 0 aliphatic carbocycles. The van der Waals surface area contributed by atoms with E-state index in [1.165, 1.54) is 11.3 Å². The number of carbonyl (C=O) groups is 1. The lowest BCUT2D eigenvalue weighted by Gasteiger charge is -2.09. The first-order valence-electron chi connectivity index (χ1n) is 8.03. The Morgan fingerprint density at radius 2 is 1.93 bits per heavy atom.